The fraction of sp³-hybridized carbons (Fsp3) is 0.393. The molecule has 0 radical (unpaired) electrons. The van der Waals surface area contributed by atoms with Crippen molar-refractivity contribution in [3.05, 3.63) is 71.4 Å². The second-order valence-corrected chi connectivity index (χ2v) is 10.8. The van der Waals surface area contributed by atoms with E-state index in [1.807, 2.05) is 56.6 Å². The molecule has 4 aromatic rings. The van der Waals surface area contributed by atoms with E-state index in [2.05, 4.69) is 41.8 Å². The quantitative estimate of drug-likeness (QED) is 0.318. The van der Waals surface area contributed by atoms with Crippen molar-refractivity contribution in [2.75, 3.05) is 25.0 Å². The van der Waals surface area contributed by atoms with Gasteiger partial charge in [-0.3, -0.25) is 19.1 Å². The molecule has 204 valence electrons. The molecule has 11 nitrogen and oxygen atoms in total. The Hall–Kier alpha value is -4.09. The number of amides is 1. The van der Waals surface area contributed by atoms with Crippen molar-refractivity contribution >= 4 is 17.5 Å². The van der Waals surface area contributed by atoms with Crippen LogP contribution in [0.1, 0.15) is 48.0 Å². The summed E-state index contributed by atoms with van der Waals surface area (Å²) in [6.07, 6.45) is 4.91. The molecule has 0 aliphatic carbocycles. The second-order valence-electron chi connectivity index (χ2n) is 10.8. The Balaban J connectivity index is 1.23. The van der Waals surface area contributed by atoms with E-state index in [1.54, 1.807) is 17.1 Å². The van der Waals surface area contributed by atoms with Crippen LogP contribution in [-0.4, -0.2) is 65.1 Å². The molecule has 1 aromatic carbocycles. The SMILES string of the molecule is Cc1cc(-c2cc(Nc3cc4n(n3)CCN(CCO)C4)ncn2)ccc1CNC(=O)c1cnn(C(C)(C)C)c1. The van der Waals surface area contributed by atoms with Crippen molar-refractivity contribution in [1.82, 2.24) is 39.7 Å². The highest BCUT2D eigenvalue weighted by Gasteiger charge is 2.19. The third-order valence-electron chi connectivity index (χ3n) is 6.83. The third kappa shape index (κ3) is 6.15. The number of anilines is 2. The lowest BCUT2D eigenvalue weighted by atomic mass is 10.0. The number of benzene rings is 1. The van der Waals surface area contributed by atoms with Crippen molar-refractivity contribution in [2.24, 2.45) is 0 Å². The molecule has 3 aromatic heterocycles. The molecule has 1 aliphatic heterocycles. The molecule has 0 fully saturated rings. The van der Waals surface area contributed by atoms with Gasteiger partial charge in [0.1, 0.15) is 12.1 Å². The van der Waals surface area contributed by atoms with Gasteiger partial charge in [-0.05, 0) is 44.9 Å². The Morgan fingerprint density at radius 1 is 1.10 bits per heavy atom. The lowest BCUT2D eigenvalue weighted by Gasteiger charge is -2.26. The van der Waals surface area contributed by atoms with E-state index in [0.29, 0.717) is 24.5 Å². The minimum atomic E-state index is -0.179. The molecule has 0 atom stereocenters. The Labute approximate surface area is 227 Å². The van der Waals surface area contributed by atoms with Crippen molar-refractivity contribution in [2.45, 2.75) is 52.9 Å². The predicted octanol–water partition coefficient (Wildman–Crippen LogP) is 3.08. The zero-order valence-corrected chi connectivity index (χ0v) is 22.8. The van der Waals surface area contributed by atoms with Crippen LogP contribution in [0.2, 0.25) is 0 Å². The van der Waals surface area contributed by atoms with Crippen LogP contribution in [0.5, 0.6) is 0 Å². The number of hydrogen-bond donors (Lipinski definition) is 3. The van der Waals surface area contributed by atoms with Crippen LogP contribution in [0.4, 0.5) is 11.6 Å². The van der Waals surface area contributed by atoms with Gasteiger partial charge < -0.3 is 15.7 Å². The van der Waals surface area contributed by atoms with Crippen molar-refractivity contribution in [1.29, 1.82) is 0 Å². The number of hydrogen-bond acceptors (Lipinski definition) is 8. The lowest BCUT2D eigenvalue weighted by Crippen LogP contribution is -2.35. The fourth-order valence-corrected chi connectivity index (χ4v) is 4.57. The Morgan fingerprint density at radius 3 is 2.69 bits per heavy atom. The molecule has 0 bridgehead atoms. The zero-order chi connectivity index (χ0) is 27.6. The molecule has 0 spiro atoms. The number of fused-ring (bicyclic) bond motifs is 1. The van der Waals surface area contributed by atoms with Crippen molar-refractivity contribution < 1.29 is 9.90 Å². The molecule has 1 aliphatic rings. The predicted molar refractivity (Wildman–Crippen MR) is 148 cm³/mol. The number of rotatable bonds is 8. The topological polar surface area (TPSA) is 126 Å². The van der Waals surface area contributed by atoms with Crippen LogP contribution in [0.15, 0.2) is 49.1 Å². The largest absolute Gasteiger partial charge is 0.395 e. The second kappa shape index (κ2) is 11.0. The molecule has 4 heterocycles. The lowest BCUT2D eigenvalue weighted by molar-refractivity contribution is 0.0950. The summed E-state index contributed by atoms with van der Waals surface area (Å²) in [6.45, 7) is 11.8. The third-order valence-corrected chi connectivity index (χ3v) is 6.83. The maximum Gasteiger partial charge on any atom is 0.254 e. The zero-order valence-electron chi connectivity index (χ0n) is 22.8. The molecule has 11 heteroatoms. The van der Waals surface area contributed by atoms with Crippen LogP contribution < -0.4 is 10.6 Å². The molecular weight excluding hydrogens is 494 g/mol. The van der Waals surface area contributed by atoms with Crippen LogP contribution in [0, 0.1) is 6.92 Å². The number of nitrogens with zero attached hydrogens (tertiary/aromatic N) is 7. The molecule has 39 heavy (non-hydrogen) atoms. The number of aliphatic hydroxyl groups excluding tert-OH is 1. The van der Waals surface area contributed by atoms with Gasteiger partial charge in [-0.25, -0.2) is 9.97 Å². The maximum absolute atomic E-state index is 12.6. The molecule has 0 saturated heterocycles. The monoisotopic (exact) mass is 529 g/mol. The van der Waals surface area contributed by atoms with E-state index >= 15 is 0 Å². The number of carbonyl (C=O) groups is 1. The van der Waals surface area contributed by atoms with Gasteiger partial charge in [0.2, 0.25) is 0 Å². The standard InChI is InChI=1S/C28H35N9O2/c1-19-11-20(5-6-21(19)14-29-27(39)22-15-32-37(16-22)28(2,3)4)24-13-25(31-18-30-24)33-26-12-23-17-35(9-10-38)7-8-36(23)34-26/h5-6,11-13,15-16,18,38H,7-10,14,17H2,1-4H3,(H,29,39)(H,30,31,33,34). The minimum absolute atomic E-state index is 0.150. The van der Waals surface area contributed by atoms with E-state index in [-0.39, 0.29) is 18.1 Å². The summed E-state index contributed by atoms with van der Waals surface area (Å²) < 4.78 is 3.79. The van der Waals surface area contributed by atoms with E-state index in [1.165, 1.54) is 6.33 Å². The van der Waals surface area contributed by atoms with Crippen LogP contribution >= 0.6 is 0 Å². The summed E-state index contributed by atoms with van der Waals surface area (Å²) in [4.78, 5) is 23.7. The number of aryl methyl sites for hydroxylation is 1. The summed E-state index contributed by atoms with van der Waals surface area (Å²) in [5.41, 5.74) is 5.31. The molecule has 0 saturated carbocycles. The first kappa shape index (κ1) is 26.5. The normalized spacial score (nSPS) is 13.8. The van der Waals surface area contributed by atoms with Gasteiger partial charge in [0.25, 0.3) is 5.91 Å². The molecule has 3 N–H and O–H groups in total. The fourth-order valence-electron chi connectivity index (χ4n) is 4.57. The Bertz CT molecular complexity index is 1470. The molecule has 5 rings (SSSR count). The highest BCUT2D eigenvalue weighted by atomic mass is 16.3. The van der Waals surface area contributed by atoms with Gasteiger partial charge in [-0.2, -0.15) is 10.2 Å². The Morgan fingerprint density at radius 2 is 1.95 bits per heavy atom. The van der Waals surface area contributed by atoms with Gasteiger partial charge >= 0.3 is 0 Å². The number of aliphatic hydroxyl groups is 1. The van der Waals surface area contributed by atoms with Crippen LogP contribution in [0.25, 0.3) is 11.3 Å². The Kier molecular flexibility index (Phi) is 7.45. The average Bonchev–Trinajstić information content (AvgIpc) is 3.55. The van der Waals surface area contributed by atoms with Gasteiger partial charge in [-0.1, -0.05) is 12.1 Å². The first-order chi connectivity index (χ1) is 18.7. The summed E-state index contributed by atoms with van der Waals surface area (Å²) in [7, 11) is 0. The van der Waals surface area contributed by atoms with Crippen LogP contribution in [0.3, 0.4) is 0 Å². The van der Waals surface area contributed by atoms with E-state index in [4.69, 9.17) is 0 Å². The van der Waals surface area contributed by atoms with E-state index in [9.17, 15) is 9.90 Å². The number of carbonyl (C=O) groups excluding carboxylic acids is 1. The number of aromatic nitrogens is 6. The molecule has 0 unspecified atom stereocenters. The highest BCUT2D eigenvalue weighted by molar-refractivity contribution is 5.93. The average molecular weight is 530 g/mol. The van der Waals surface area contributed by atoms with Gasteiger partial charge in [0.15, 0.2) is 5.82 Å². The number of β-amino-alcohol motifs (C(OH)–C–C–N with tert-alkyl or cyclic N) is 1. The first-order valence-electron chi connectivity index (χ1n) is 13.1. The highest BCUT2D eigenvalue weighted by Crippen LogP contribution is 2.24. The minimum Gasteiger partial charge on any atom is -0.395 e. The molecule has 1 amide bonds. The maximum atomic E-state index is 12.6. The number of nitrogens with one attached hydrogen (secondary N) is 2. The van der Waals surface area contributed by atoms with Gasteiger partial charge in [0, 0.05) is 50.1 Å². The van der Waals surface area contributed by atoms with Gasteiger partial charge in [0.05, 0.1) is 41.8 Å². The first-order valence-corrected chi connectivity index (χ1v) is 13.1. The summed E-state index contributed by atoms with van der Waals surface area (Å²) in [5.74, 6) is 1.24. The van der Waals surface area contributed by atoms with Crippen LogP contribution in [-0.2, 0) is 25.2 Å². The molecular formula is C28H35N9O2. The van der Waals surface area contributed by atoms with E-state index in [0.717, 1.165) is 53.5 Å². The van der Waals surface area contributed by atoms with E-state index < -0.39 is 0 Å². The van der Waals surface area contributed by atoms with Crippen molar-refractivity contribution in [3.8, 4) is 11.3 Å². The summed E-state index contributed by atoms with van der Waals surface area (Å²) in [5, 5.41) is 24.5. The smallest absolute Gasteiger partial charge is 0.254 e. The summed E-state index contributed by atoms with van der Waals surface area (Å²) >= 11 is 0. The summed E-state index contributed by atoms with van der Waals surface area (Å²) in [6, 6.07) is 10.0. The van der Waals surface area contributed by atoms with Crippen molar-refractivity contribution in [3.63, 3.8) is 0 Å². The van der Waals surface area contributed by atoms with Gasteiger partial charge in [-0.15, -0.1) is 0 Å².